The van der Waals surface area contributed by atoms with E-state index in [9.17, 15) is 41.1 Å². The number of sulfonamides is 1. The molecule has 3 aromatic carbocycles. The molecule has 0 aliphatic heterocycles. The van der Waals surface area contributed by atoms with Crippen molar-refractivity contribution in [1.29, 1.82) is 0 Å². The summed E-state index contributed by atoms with van der Waals surface area (Å²) in [5, 5.41) is 10.4. The van der Waals surface area contributed by atoms with Gasteiger partial charge in [0.1, 0.15) is 17.0 Å². The van der Waals surface area contributed by atoms with Gasteiger partial charge in [-0.1, -0.05) is 53.5 Å². The summed E-state index contributed by atoms with van der Waals surface area (Å²) in [4.78, 5) is 44.6. The number of rotatable bonds is 18. The second-order valence-electron chi connectivity index (χ2n) is 12.2. The summed E-state index contributed by atoms with van der Waals surface area (Å²) in [6.07, 6.45) is -7.23. The number of anilines is 1. The number of hydrogen-bond donors (Lipinski definition) is 2. The van der Waals surface area contributed by atoms with E-state index >= 15 is 0 Å². The van der Waals surface area contributed by atoms with Crippen LogP contribution in [0.4, 0.5) is 23.7 Å². The van der Waals surface area contributed by atoms with Crippen molar-refractivity contribution in [2.24, 2.45) is 0 Å². The molecular weight excluding hydrogens is 776 g/mol. The fraction of sp³-hybridized carbons (Fsp3) is 0.417. The van der Waals surface area contributed by atoms with Gasteiger partial charge >= 0.3 is 12.3 Å². The Morgan fingerprint density at radius 3 is 1.96 bits per heavy atom. The number of hydrogen-bond acceptors (Lipinski definition) is 7. The second-order valence-corrected chi connectivity index (χ2v) is 14.8. The third-order valence-electron chi connectivity index (χ3n) is 8.17. The van der Waals surface area contributed by atoms with Gasteiger partial charge in [-0.3, -0.25) is 19.4 Å². The average molecular weight is 820 g/mol. The molecule has 2 unspecified atom stereocenters. The van der Waals surface area contributed by atoms with Crippen LogP contribution in [-0.2, 0) is 41.8 Å². The lowest BCUT2D eigenvalue weighted by atomic mass is 10.1. The van der Waals surface area contributed by atoms with Crippen molar-refractivity contribution < 1.29 is 50.6 Å². The quantitative estimate of drug-likeness (QED) is 0.132. The number of ether oxygens (including phenoxy) is 2. The minimum Gasteiger partial charge on any atom is -0.465 e. The molecule has 0 radical (unpaired) electrons. The van der Waals surface area contributed by atoms with Crippen LogP contribution in [0.25, 0.3) is 0 Å². The molecule has 0 saturated heterocycles. The Bertz CT molecular complexity index is 1830. The third kappa shape index (κ3) is 11.8. The molecule has 0 spiro atoms. The van der Waals surface area contributed by atoms with E-state index < -0.39 is 82.1 Å². The zero-order chi connectivity index (χ0) is 40.4. The van der Waals surface area contributed by atoms with E-state index in [0.717, 1.165) is 23.1 Å². The average Bonchev–Trinajstić information content (AvgIpc) is 3.10. The van der Waals surface area contributed by atoms with Crippen LogP contribution in [0, 0.1) is 0 Å². The van der Waals surface area contributed by atoms with Gasteiger partial charge in [0, 0.05) is 43.1 Å². The Balaban J connectivity index is 2.20. The maximum absolute atomic E-state index is 14.9. The van der Waals surface area contributed by atoms with E-state index in [-0.39, 0.29) is 35.5 Å². The summed E-state index contributed by atoms with van der Waals surface area (Å²) in [5.74, 6) is -1.80. The number of carbonyl (C=O) groups is 3. The van der Waals surface area contributed by atoms with Crippen LogP contribution in [0.2, 0.25) is 10.0 Å². The van der Waals surface area contributed by atoms with Gasteiger partial charge in [-0.2, -0.15) is 13.2 Å². The van der Waals surface area contributed by atoms with Crippen molar-refractivity contribution in [2.45, 2.75) is 76.7 Å². The molecule has 0 aliphatic carbocycles. The van der Waals surface area contributed by atoms with E-state index in [1.165, 1.54) is 24.0 Å². The van der Waals surface area contributed by atoms with E-state index in [0.29, 0.717) is 22.6 Å². The fourth-order valence-corrected chi connectivity index (χ4v) is 7.30. The molecular formula is C36H43Cl2F3N4O8S. The highest BCUT2D eigenvalue weighted by Crippen LogP contribution is 2.32. The number of carboxylic acid groups (broad SMARTS) is 1. The summed E-state index contributed by atoms with van der Waals surface area (Å²) in [7, 11) is -4.53. The fourth-order valence-electron chi connectivity index (χ4n) is 5.49. The minimum absolute atomic E-state index is 0.0854. The second kappa shape index (κ2) is 19.6. The highest BCUT2D eigenvalue weighted by molar-refractivity contribution is 7.89. The largest absolute Gasteiger partial charge is 0.465 e. The first-order chi connectivity index (χ1) is 25.3. The molecule has 0 bridgehead atoms. The Morgan fingerprint density at radius 2 is 1.46 bits per heavy atom. The number of halogens is 5. The summed E-state index contributed by atoms with van der Waals surface area (Å²) in [6.45, 7) is 7.34. The molecule has 0 fully saturated rings. The van der Waals surface area contributed by atoms with Gasteiger partial charge in [0.05, 0.1) is 17.1 Å². The normalized spacial score (nSPS) is 13.1. The maximum atomic E-state index is 14.9. The van der Waals surface area contributed by atoms with Crippen LogP contribution < -0.4 is 9.62 Å². The van der Waals surface area contributed by atoms with Gasteiger partial charge in [-0.05, 0) is 82.6 Å². The van der Waals surface area contributed by atoms with Crippen LogP contribution in [0.3, 0.4) is 0 Å². The lowest BCUT2D eigenvalue weighted by Crippen LogP contribution is -2.60. The first kappa shape index (κ1) is 44.5. The molecule has 18 heteroatoms. The number of benzene rings is 3. The number of carbonyl (C=O) groups excluding carboxylic acids is 2. The minimum atomic E-state index is -4.74. The zero-order valence-corrected chi connectivity index (χ0v) is 32.5. The molecule has 0 aliphatic rings. The molecule has 0 heterocycles. The Kier molecular flexibility index (Phi) is 16.1. The van der Waals surface area contributed by atoms with Crippen LogP contribution in [0.1, 0.15) is 45.7 Å². The van der Waals surface area contributed by atoms with E-state index in [2.05, 4.69) is 4.72 Å². The lowest BCUT2D eigenvalue weighted by molar-refractivity contribution is -0.162. The molecule has 3 aromatic rings. The summed E-state index contributed by atoms with van der Waals surface area (Å²) in [6, 6.07) is 11.2. The smallest absolute Gasteiger partial charge is 0.416 e. The summed E-state index contributed by atoms with van der Waals surface area (Å²) < 4.78 is 81.4. The zero-order valence-electron chi connectivity index (χ0n) is 30.2. The third-order valence-corrected chi connectivity index (χ3v) is 10.3. The van der Waals surface area contributed by atoms with E-state index in [1.807, 2.05) is 0 Å². The van der Waals surface area contributed by atoms with Gasteiger partial charge < -0.3 is 19.5 Å². The van der Waals surface area contributed by atoms with Crippen LogP contribution >= 0.6 is 23.2 Å². The first-order valence-electron chi connectivity index (χ1n) is 16.8. The van der Waals surface area contributed by atoms with Crippen molar-refractivity contribution in [1.82, 2.24) is 14.5 Å². The van der Waals surface area contributed by atoms with Crippen molar-refractivity contribution in [2.75, 3.05) is 31.2 Å². The molecule has 0 aromatic heterocycles. The number of nitrogens with one attached hydrogen (secondary N) is 1. The van der Waals surface area contributed by atoms with Crippen molar-refractivity contribution in [3.8, 4) is 0 Å². The molecule has 296 valence electrons. The predicted octanol–water partition coefficient (Wildman–Crippen LogP) is 6.90. The molecule has 54 heavy (non-hydrogen) atoms. The van der Waals surface area contributed by atoms with Gasteiger partial charge in [0.25, 0.3) is 5.91 Å². The highest BCUT2D eigenvalue weighted by Gasteiger charge is 2.41. The summed E-state index contributed by atoms with van der Waals surface area (Å²) >= 11 is 12.1. The summed E-state index contributed by atoms with van der Waals surface area (Å²) in [5.41, 5.74) is -0.809. The molecule has 0 saturated carbocycles. The highest BCUT2D eigenvalue weighted by atomic mass is 35.5. The maximum Gasteiger partial charge on any atom is 0.416 e. The topological polar surface area (TPSA) is 146 Å². The monoisotopic (exact) mass is 818 g/mol. The van der Waals surface area contributed by atoms with Crippen molar-refractivity contribution in [3.63, 3.8) is 0 Å². The number of alkyl halides is 3. The Hall–Kier alpha value is -3.93. The predicted molar refractivity (Wildman–Crippen MR) is 198 cm³/mol. The van der Waals surface area contributed by atoms with Gasteiger partial charge in [-0.25, -0.2) is 17.9 Å². The number of nitrogens with zero attached hydrogens (tertiary/aromatic N) is 3. The lowest BCUT2D eigenvalue weighted by Gasteiger charge is -2.39. The number of amides is 3. The Morgan fingerprint density at radius 1 is 0.870 bits per heavy atom. The van der Waals surface area contributed by atoms with Crippen LogP contribution in [-0.4, -0.2) is 92.0 Å². The van der Waals surface area contributed by atoms with Crippen molar-refractivity contribution in [3.05, 3.63) is 94.0 Å². The SMILES string of the molecule is CCOC(CN(C(=O)C(C)N(C(=O)C(CNS(=O)(=O)c1ccc(Cl)cc1Cl)N(Cc1ccccc1)C(=O)O)c1ccc(C(F)(F)F)cc1)C(C)C)OCC. The van der Waals surface area contributed by atoms with E-state index in [1.54, 1.807) is 58.0 Å². The van der Waals surface area contributed by atoms with Gasteiger partial charge in [0.2, 0.25) is 15.9 Å². The van der Waals surface area contributed by atoms with Crippen molar-refractivity contribution >= 4 is 56.8 Å². The molecule has 2 atom stereocenters. The van der Waals surface area contributed by atoms with Crippen LogP contribution in [0.15, 0.2) is 77.7 Å². The van der Waals surface area contributed by atoms with E-state index in [4.69, 9.17) is 32.7 Å². The van der Waals surface area contributed by atoms with Gasteiger partial charge in [-0.15, -0.1) is 0 Å². The molecule has 3 rings (SSSR count). The molecule has 3 amide bonds. The molecule has 2 N–H and O–H groups in total. The standard InChI is InChI=1S/C36H43Cl2F3N4O8S/c1-6-52-32(53-7-2)22-43(23(3)4)33(46)24(5)45(28-16-13-26(14-17-28)36(39,40)41)34(47)30(44(35(48)49)21-25-11-9-8-10-12-25)20-42-54(50,51)31-18-15-27(37)19-29(31)38/h8-19,23-24,30,32,42H,6-7,20-22H2,1-5H3,(H,48,49). The van der Waals surface area contributed by atoms with Gasteiger partial charge in [0.15, 0.2) is 6.29 Å². The first-order valence-corrected chi connectivity index (χ1v) is 19.1. The van der Waals surface area contributed by atoms with Crippen LogP contribution in [0.5, 0.6) is 0 Å². The Labute approximate surface area is 322 Å². The molecule has 12 nitrogen and oxygen atoms in total.